The molecular formula is C26H24N2O3. The number of Topliss-reactive ketones (excluding diaryl/α,β-unsaturated/α-hetero) is 1. The lowest BCUT2D eigenvalue weighted by atomic mass is 9.78. The zero-order chi connectivity index (χ0) is 21.4. The number of para-hydroxylation sites is 2. The zero-order valence-corrected chi connectivity index (χ0v) is 17.3. The molecule has 5 rings (SSSR count). The minimum Gasteiger partial charge on any atom is -0.508 e. The first-order chi connectivity index (χ1) is 15.1. The molecule has 0 spiro atoms. The Labute approximate surface area is 181 Å². The maximum Gasteiger partial charge on any atom is 0.163 e. The summed E-state index contributed by atoms with van der Waals surface area (Å²) in [5.74, 6) is 1.20. The van der Waals surface area contributed by atoms with E-state index in [0.29, 0.717) is 6.42 Å². The number of methoxy groups -OCH3 is 1. The fraction of sp³-hybridized carbons (Fsp3) is 0.192. The van der Waals surface area contributed by atoms with E-state index in [9.17, 15) is 9.90 Å². The second-order valence-electron chi connectivity index (χ2n) is 8.04. The molecule has 0 fully saturated rings. The number of hydrogen-bond acceptors (Lipinski definition) is 5. The van der Waals surface area contributed by atoms with Crippen LogP contribution in [0.1, 0.15) is 35.9 Å². The number of carbonyl (C=O) groups excluding carboxylic acids is 1. The van der Waals surface area contributed by atoms with Crippen LogP contribution in [0.25, 0.3) is 0 Å². The minimum absolute atomic E-state index is 0.0970. The number of ether oxygens (including phenoxy) is 1. The van der Waals surface area contributed by atoms with Crippen molar-refractivity contribution in [2.24, 2.45) is 0 Å². The van der Waals surface area contributed by atoms with Gasteiger partial charge in [0.25, 0.3) is 0 Å². The molecule has 0 radical (unpaired) electrons. The van der Waals surface area contributed by atoms with Gasteiger partial charge in [-0.3, -0.25) is 4.79 Å². The van der Waals surface area contributed by atoms with Gasteiger partial charge in [-0.1, -0.05) is 36.4 Å². The third-order valence-corrected chi connectivity index (χ3v) is 6.10. The zero-order valence-electron chi connectivity index (χ0n) is 17.3. The number of ketones is 1. The molecule has 5 heteroatoms. The van der Waals surface area contributed by atoms with E-state index in [1.807, 2.05) is 60.7 Å². The Morgan fingerprint density at radius 3 is 2.42 bits per heavy atom. The van der Waals surface area contributed by atoms with Gasteiger partial charge in [-0.15, -0.1) is 0 Å². The molecule has 2 aliphatic rings. The van der Waals surface area contributed by atoms with E-state index in [4.69, 9.17) is 4.74 Å². The molecule has 1 aliphatic carbocycles. The van der Waals surface area contributed by atoms with E-state index in [1.165, 1.54) is 0 Å². The van der Waals surface area contributed by atoms with Crippen LogP contribution in [0.5, 0.6) is 11.5 Å². The average molecular weight is 412 g/mol. The molecule has 1 heterocycles. The maximum atomic E-state index is 13.5. The van der Waals surface area contributed by atoms with Crippen molar-refractivity contribution in [1.82, 2.24) is 0 Å². The summed E-state index contributed by atoms with van der Waals surface area (Å²) in [4.78, 5) is 13.5. The number of nitrogens with one attached hydrogen (secondary N) is 2. The molecule has 0 aromatic heterocycles. The van der Waals surface area contributed by atoms with Crippen molar-refractivity contribution in [2.75, 3.05) is 17.7 Å². The highest BCUT2D eigenvalue weighted by molar-refractivity contribution is 6.01. The van der Waals surface area contributed by atoms with E-state index in [-0.39, 0.29) is 23.5 Å². The Morgan fingerprint density at radius 1 is 0.903 bits per heavy atom. The Hall–Kier alpha value is -3.73. The summed E-state index contributed by atoms with van der Waals surface area (Å²) in [7, 11) is 1.65. The summed E-state index contributed by atoms with van der Waals surface area (Å²) >= 11 is 0. The normalized spacial score (nSPS) is 20.1. The number of carbonyl (C=O) groups is 1. The number of benzene rings is 3. The van der Waals surface area contributed by atoms with E-state index in [1.54, 1.807) is 19.2 Å². The molecule has 3 aromatic rings. The number of anilines is 2. The van der Waals surface area contributed by atoms with Gasteiger partial charge in [0.1, 0.15) is 11.5 Å². The second-order valence-corrected chi connectivity index (χ2v) is 8.04. The molecule has 0 bridgehead atoms. The molecule has 0 amide bonds. The molecule has 2 unspecified atom stereocenters. The van der Waals surface area contributed by atoms with Crippen LogP contribution >= 0.6 is 0 Å². The number of hydrogen-bond donors (Lipinski definition) is 3. The Morgan fingerprint density at radius 2 is 1.68 bits per heavy atom. The first-order valence-corrected chi connectivity index (χ1v) is 10.4. The Balaban J connectivity index is 1.58. The van der Waals surface area contributed by atoms with E-state index < -0.39 is 0 Å². The average Bonchev–Trinajstić information content (AvgIpc) is 2.96. The largest absolute Gasteiger partial charge is 0.508 e. The second kappa shape index (κ2) is 7.84. The first kappa shape index (κ1) is 19.2. The molecule has 3 N–H and O–H groups in total. The van der Waals surface area contributed by atoms with Crippen molar-refractivity contribution < 1.29 is 14.6 Å². The van der Waals surface area contributed by atoms with Gasteiger partial charge in [0.15, 0.2) is 5.78 Å². The molecule has 0 saturated heterocycles. The summed E-state index contributed by atoms with van der Waals surface area (Å²) in [6.07, 6.45) is 1.18. The quantitative estimate of drug-likeness (QED) is 0.539. The first-order valence-electron chi connectivity index (χ1n) is 10.4. The predicted molar refractivity (Wildman–Crippen MR) is 122 cm³/mol. The van der Waals surface area contributed by atoms with Crippen molar-refractivity contribution in [1.29, 1.82) is 0 Å². The van der Waals surface area contributed by atoms with Crippen LogP contribution in [-0.4, -0.2) is 18.0 Å². The molecule has 31 heavy (non-hydrogen) atoms. The van der Waals surface area contributed by atoms with Crippen LogP contribution < -0.4 is 15.4 Å². The van der Waals surface area contributed by atoms with Crippen molar-refractivity contribution in [2.45, 2.75) is 24.8 Å². The third-order valence-electron chi connectivity index (χ3n) is 6.10. The summed E-state index contributed by atoms with van der Waals surface area (Å²) < 4.78 is 5.27. The molecule has 1 aliphatic heterocycles. The highest BCUT2D eigenvalue weighted by Gasteiger charge is 2.36. The number of phenols is 1. The van der Waals surface area contributed by atoms with Gasteiger partial charge in [-0.25, -0.2) is 0 Å². The van der Waals surface area contributed by atoms with Crippen LogP contribution in [0.15, 0.2) is 84.1 Å². The third kappa shape index (κ3) is 3.63. The number of allylic oxidation sites excluding steroid dienone is 1. The molecule has 3 aromatic carbocycles. The number of aromatic hydroxyl groups is 1. The van der Waals surface area contributed by atoms with Crippen LogP contribution in [0.2, 0.25) is 0 Å². The number of rotatable bonds is 3. The maximum absolute atomic E-state index is 13.5. The van der Waals surface area contributed by atoms with Gasteiger partial charge in [0.2, 0.25) is 0 Å². The van der Waals surface area contributed by atoms with Crippen molar-refractivity contribution in [3.63, 3.8) is 0 Å². The van der Waals surface area contributed by atoms with Crippen LogP contribution in [0.4, 0.5) is 11.4 Å². The van der Waals surface area contributed by atoms with Crippen LogP contribution in [-0.2, 0) is 4.79 Å². The smallest absolute Gasteiger partial charge is 0.163 e. The van der Waals surface area contributed by atoms with Crippen LogP contribution in [0.3, 0.4) is 0 Å². The van der Waals surface area contributed by atoms with Crippen molar-refractivity contribution in [3.8, 4) is 11.5 Å². The lowest BCUT2D eigenvalue weighted by Gasteiger charge is -2.30. The fourth-order valence-corrected chi connectivity index (χ4v) is 4.56. The van der Waals surface area contributed by atoms with Gasteiger partial charge in [-0.05, 0) is 59.9 Å². The summed E-state index contributed by atoms with van der Waals surface area (Å²) in [5.41, 5.74) is 5.54. The topological polar surface area (TPSA) is 70.6 Å². The fourth-order valence-electron chi connectivity index (χ4n) is 4.56. The number of fused-ring (bicyclic) bond motifs is 1. The summed E-state index contributed by atoms with van der Waals surface area (Å²) in [6.45, 7) is 0. The van der Waals surface area contributed by atoms with E-state index in [0.717, 1.165) is 45.9 Å². The SMILES string of the molecule is COc1ccc(C2CC(=O)C3=C(C2)Nc2ccccc2NC3c2cccc(O)c2)cc1. The predicted octanol–water partition coefficient (Wildman–Crippen LogP) is 5.38. The van der Waals surface area contributed by atoms with Gasteiger partial charge in [0, 0.05) is 17.7 Å². The van der Waals surface area contributed by atoms with Gasteiger partial charge in [0.05, 0.1) is 24.5 Å². The lowest BCUT2D eigenvalue weighted by molar-refractivity contribution is -0.116. The Kier molecular flexibility index (Phi) is 4.86. The molecule has 156 valence electrons. The molecule has 5 nitrogen and oxygen atoms in total. The lowest BCUT2D eigenvalue weighted by Crippen LogP contribution is -2.26. The van der Waals surface area contributed by atoms with Crippen molar-refractivity contribution >= 4 is 17.2 Å². The van der Waals surface area contributed by atoms with E-state index in [2.05, 4.69) is 10.6 Å². The minimum atomic E-state index is -0.331. The van der Waals surface area contributed by atoms with Crippen LogP contribution in [0, 0.1) is 0 Å². The van der Waals surface area contributed by atoms with Gasteiger partial charge >= 0.3 is 0 Å². The Bertz CT molecular complexity index is 1170. The summed E-state index contributed by atoms with van der Waals surface area (Å²) in [5, 5.41) is 17.1. The van der Waals surface area contributed by atoms with Gasteiger partial charge < -0.3 is 20.5 Å². The standard InChI is InChI=1S/C26H24N2O3/c1-31-20-11-9-16(10-12-20)18-14-23-25(24(30)15-18)26(17-5-4-6-19(29)13-17)28-22-8-3-2-7-21(22)27-23/h2-13,18,26-29H,14-15H2,1H3. The molecule has 0 saturated carbocycles. The molecule has 2 atom stereocenters. The molecular weight excluding hydrogens is 388 g/mol. The monoisotopic (exact) mass is 412 g/mol. The highest BCUT2D eigenvalue weighted by atomic mass is 16.5. The number of phenolic OH excluding ortho intramolecular Hbond substituents is 1. The van der Waals surface area contributed by atoms with Gasteiger partial charge in [-0.2, -0.15) is 0 Å². The van der Waals surface area contributed by atoms with Crippen molar-refractivity contribution in [3.05, 3.63) is 95.2 Å². The highest BCUT2D eigenvalue weighted by Crippen LogP contribution is 2.44. The summed E-state index contributed by atoms with van der Waals surface area (Å²) in [6, 6.07) is 22.7. The van der Waals surface area contributed by atoms with E-state index >= 15 is 0 Å².